The second-order valence-electron chi connectivity index (χ2n) is 2.24. The predicted molar refractivity (Wildman–Crippen MR) is 51.8 cm³/mol. The quantitative estimate of drug-likeness (QED) is 0.826. The number of nitrogens with two attached hydrogens (primary N) is 1. The Bertz CT molecular complexity index is 343. The molecule has 62 valence electrons. The summed E-state index contributed by atoms with van der Waals surface area (Å²) in [5.74, 6) is 0. The normalized spacial score (nSPS) is 9.50. The minimum atomic E-state index is 0.409. The summed E-state index contributed by atoms with van der Waals surface area (Å²) in [5.41, 5.74) is 6.80. The third-order valence-electron chi connectivity index (χ3n) is 1.48. The summed E-state index contributed by atoms with van der Waals surface area (Å²) >= 11 is 9.07. The molecule has 1 rings (SSSR count). The number of nitriles is 1. The smallest absolute Gasteiger partial charge is 0.101 e. The monoisotopic (exact) mass is 244 g/mol. The Balaban J connectivity index is 3.28. The highest BCUT2D eigenvalue weighted by Crippen LogP contribution is 2.24. The molecule has 1 aromatic rings. The Labute approximate surface area is 84.1 Å². The van der Waals surface area contributed by atoms with Crippen molar-refractivity contribution < 1.29 is 0 Å². The average Bonchev–Trinajstić information content (AvgIpc) is 2.08. The van der Waals surface area contributed by atoms with Crippen LogP contribution in [0.1, 0.15) is 11.1 Å². The average molecular weight is 246 g/mol. The summed E-state index contributed by atoms with van der Waals surface area (Å²) in [6.07, 6.45) is 0. The Morgan fingerprint density at radius 3 is 2.75 bits per heavy atom. The van der Waals surface area contributed by atoms with Crippen LogP contribution in [0, 0.1) is 11.3 Å². The van der Waals surface area contributed by atoms with Crippen LogP contribution in [0.25, 0.3) is 0 Å². The molecule has 0 amide bonds. The lowest BCUT2D eigenvalue weighted by Gasteiger charge is -2.02. The van der Waals surface area contributed by atoms with Crippen molar-refractivity contribution in [3.63, 3.8) is 0 Å². The van der Waals surface area contributed by atoms with Crippen LogP contribution in [-0.4, -0.2) is 0 Å². The van der Waals surface area contributed by atoms with Gasteiger partial charge in [-0.15, -0.1) is 0 Å². The fourth-order valence-corrected chi connectivity index (χ4v) is 1.56. The van der Waals surface area contributed by atoms with E-state index in [4.69, 9.17) is 22.6 Å². The van der Waals surface area contributed by atoms with Crippen molar-refractivity contribution in [1.82, 2.24) is 0 Å². The molecule has 0 bridgehead atoms. The van der Waals surface area contributed by atoms with Gasteiger partial charge in [-0.3, -0.25) is 0 Å². The van der Waals surface area contributed by atoms with Gasteiger partial charge in [0.05, 0.1) is 10.6 Å². The lowest BCUT2D eigenvalue weighted by atomic mass is 10.1. The molecule has 0 saturated heterocycles. The second kappa shape index (κ2) is 3.90. The van der Waals surface area contributed by atoms with Crippen molar-refractivity contribution >= 4 is 27.5 Å². The number of hydrogen-bond acceptors (Lipinski definition) is 2. The number of hydrogen-bond donors (Lipinski definition) is 1. The summed E-state index contributed by atoms with van der Waals surface area (Å²) in [5, 5.41) is 9.07. The van der Waals surface area contributed by atoms with Crippen LogP contribution < -0.4 is 5.73 Å². The minimum Gasteiger partial charge on any atom is -0.326 e. The summed E-state index contributed by atoms with van der Waals surface area (Å²) in [4.78, 5) is 0. The molecule has 0 aliphatic carbocycles. The summed E-state index contributed by atoms with van der Waals surface area (Å²) in [6.45, 7) is 0.409. The molecule has 0 saturated carbocycles. The van der Waals surface area contributed by atoms with Crippen LogP contribution in [0.4, 0.5) is 0 Å². The highest BCUT2D eigenvalue weighted by Gasteiger charge is 2.04. The van der Waals surface area contributed by atoms with E-state index in [1.807, 2.05) is 6.07 Å². The molecule has 2 nitrogen and oxygen atoms in total. The zero-order valence-corrected chi connectivity index (χ0v) is 8.48. The van der Waals surface area contributed by atoms with E-state index in [1.165, 1.54) is 0 Å². The molecule has 0 aliphatic heterocycles. The number of benzene rings is 1. The summed E-state index contributed by atoms with van der Waals surface area (Å²) in [6, 6.07) is 5.35. The topological polar surface area (TPSA) is 49.8 Å². The van der Waals surface area contributed by atoms with Gasteiger partial charge in [0.15, 0.2) is 0 Å². The van der Waals surface area contributed by atoms with Crippen molar-refractivity contribution in [2.24, 2.45) is 5.73 Å². The molecule has 0 aromatic heterocycles. The van der Waals surface area contributed by atoms with E-state index in [-0.39, 0.29) is 0 Å². The molecule has 0 radical (unpaired) electrons. The summed E-state index contributed by atoms with van der Waals surface area (Å²) in [7, 11) is 0. The Morgan fingerprint density at radius 2 is 2.25 bits per heavy atom. The standard InChI is InChI=1S/C8H6BrClN2/c9-7-1-6(4-12)8(10)2-5(7)3-11/h1-2H,3,11H2. The van der Waals surface area contributed by atoms with Crippen LogP contribution in [0.5, 0.6) is 0 Å². The van der Waals surface area contributed by atoms with Gasteiger partial charge in [0.2, 0.25) is 0 Å². The van der Waals surface area contributed by atoms with E-state index < -0.39 is 0 Å². The van der Waals surface area contributed by atoms with Gasteiger partial charge >= 0.3 is 0 Å². The molecule has 12 heavy (non-hydrogen) atoms. The molecule has 0 atom stereocenters. The zero-order chi connectivity index (χ0) is 9.14. The van der Waals surface area contributed by atoms with Gasteiger partial charge in [-0.1, -0.05) is 27.5 Å². The third-order valence-corrected chi connectivity index (χ3v) is 2.53. The maximum Gasteiger partial charge on any atom is 0.101 e. The first kappa shape index (κ1) is 9.53. The Hall–Kier alpha value is -0.560. The number of halogens is 2. The molecule has 0 fully saturated rings. The van der Waals surface area contributed by atoms with Crippen LogP contribution in [0.15, 0.2) is 16.6 Å². The van der Waals surface area contributed by atoms with Gasteiger partial charge in [-0.25, -0.2) is 0 Å². The van der Waals surface area contributed by atoms with Crippen molar-refractivity contribution in [1.29, 1.82) is 5.26 Å². The first-order valence-corrected chi connectivity index (χ1v) is 4.44. The van der Waals surface area contributed by atoms with Crippen LogP contribution in [0.3, 0.4) is 0 Å². The Morgan fingerprint density at radius 1 is 1.58 bits per heavy atom. The van der Waals surface area contributed by atoms with E-state index >= 15 is 0 Å². The van der Waals surface area contributed by atoms with Crippen LogP contribution in [-0.2, 0) is 6.54 Å². The van der Waals surface area contributed by atoms with Crippen molar-refractivity contribution in [3.05, 3.63) is 32.8 Å². The van der Waals surface area contributed by atoms with Gasteiger partial charge in [0.1, 0.15) is 6.07 Å². The van der Waals surface area contributed by atoms with E-state index in [1.54, 1.807) is 12.1 Å². The molecular formula is C8H6BrClN2. The van der Waals surface area contributed by atoms with E-state index in [0.29, 0.717) is 17.1 Å². The highest BCUT2D eigenvalue weighted by molar-refractivity contribution is 9.10. The minimum absolute atomic E-state index is 0.409. The lowest BCUT2D eigenvalue weighted by molar-refractivity contribution is 1.06. The predicted octanol–water partition coefficient (Wildman–Crippen LogP) is 2.43. The fraction of sp³-hybridized carbons (Fsp3) is 0.125. The first-order chi connectivity index (χ1) is 5.69. The molecule has 0 aliphatic rings. The molecular weight excluding hydrogens is 239 g/mol. The van der Waals surface area contributed by atoms with E-state index in [2.05, 4.69) is 15.9 Å². The van der Waals surface area contributed by atoms with Gasteiger partial charge in [0.25, 0.3) is 0 Å². The second-order valence-corrected chi connectivity index (χ2v) is 3.50. The number of nitrogens with zero attached hydrogens (tertiary/aromatic N) is 1. The largest absolute Gasteiger partial charge is 0.326 e. The van der Waals surface area contributed by atoms with Gasteiger partial charge in [-0.05, 0) is 17.7 Å². The Kier molecular flexibility index (Phi) is 3.10. The molecule has 4 heteroatoms. The van der Waals surface area contributed by atoms with Crippen molar-refractivity contribution in [3.8, 4) is 6.07 Å². The van der Waals surface area contributed by atoms with Gasteiger partial charge < -0.3 is 5.73 Å². The maximum absolute atomic E-state index is 8.62. The van der Waals surface area contributed by atoms with E-state index in [0.717, 1.165) is 10.0 Å². The number of rotatable bonds is 1. The first-order valence-electron chi connectivity index (χ1n) is 3.27. The van der Waals surface area contributed by atoms with Gasteiger partial charge in [0, 0.05) is 11.0 Å². The molecule has 2 N–H and O–H groups in total. The SMILES string of the molecule is N#Cc1cc(Br)c(CN)cc1Cl. The molecule has 0 heterocycles. The highest BCUT2D eigenvalue weighted by atomic mass is 79.9. The zero-order valence-electron chi connectivity index (χ0n) is 6.14. The molecule has 0 unspecified atom stereocenters. The van der Waals surface area contributed by atoms with Gasteiger partial charge in [-0.2, -0.15) is 5.26 Å². The fourth-order valence-electron chi connectivity index (χ4n) is 0.830. The maximum atomic E-state index is 8.62. The molecule has 1 aromatic carbocycles. The lowest BCUT2D eigenvalue weighted by Crippen LogP contribution is -1.97. The van der Waals surface area contributed by atoms with Crippen LogP contribution >= 0.6 is 27.5 Å². The molecule has 0 spiro atoms. The van der Waals surface area contributed by atoms with E-state index in [9.17, 15) is 0 Å². The van der Waals surface area contributed by atoms with Crippen LogP contribution in [0.2, 0.25) is 5.02 Å². The summed E-state index contributed by atoms with van der Waals surface area (Å²) < 4.78 is 0.825. The van der Waals surface area contributed by atoms with Crippen molar-refractivity contribution in [2.45, 2.75) is 6.54 Å². The van der Waals surface area contributed by atoms with Crippen molar-refractivity contribution in [2.75, 3.05) is 0 Å². The third kappa shape index (κ3) is 1.78.